The van der Waals surface area contributed by atoms with Crippen LogP contribution in [0.3, 0.4) is 0 Å². The molecular formula is C9H17NS. The minimum absolute atomic E-state index is 0.673. The minimum atomic E-state index is 0.673. The molecule has 0 amide bonds. The quantitative estimate of drug-likeness (QED) is 0.593. The summed E-state index contributed by atoms with van der Waals surface area (Å²) < 4.78 is 0. The molecule has 0 aromatic heterocycles. The van der Waals surface area contributed by atoms with E-state index in [0.717, 1.165) is 5.25 Å². The molecule has 1 nitrogen and oxygen atoms in total. The monoisotopic (exact) mass is 171 g/mol. The van der Waals surface area contributed by atoms with E-state index in [1.54, 1.807) is 0 Å². The Hall–Kier alpha value is 0.310. The van der Waals surface area contributed by atoms with Crippen molar-refractivity contribution < 1.29 is 0 Å². The summed E-state index contributed by atoms with van der Waals surface area (Å²) in [4.78, 5) is 2.58. The lowest BCUT2D eigenvalue weighted by Gasteiger charge is -2.37. The third kappa shape index (κ3) is 1.31. The van der Waals surface area contributed by atoms with Crippen molar-refractivity contribution in [3.8, 4) is 0 Å². The fraction of sp³-hybridized carbons (Fsp3) is 1.00. The van der Waals surface area contributed by atoms with Crippen LogP contribution in [0.1, 0.15) is 25.7 Å². The van der Waals surface area contributed by atoms with E-state index in [4.69, 9.17) is 0 Å². The van der Waals surface area contributed by atoms with Gasteiger partial charge in [0, 0.05) is 10.8 Å². The molecule has 2 rings (SSSR count). The first kappa shape index (κ1) is 7.93. The molecule has 64 valence electrons. The zero-order valence-electron chi connectivity index (χ0n) is 7.47. The molecule has 11 heavy (non-hydrogen) atoms. The van der Waals surface area contributed by atoms with Crippen molar-refractivity contribution in [3.63, 3.8) is 0 Å². The van der Waals surface area contributed by atoms with E-state index in [-0.39, 0.29) is 0 Å². The fourth-order valence-electron chi connectivity index (χ4n) is 2.19. The predicted octanol–water partition coefficient (Wildman–Crippen LogP) is 1.98. The van der Waals surface area contributed by atoms with Gasteiger partial charge in [-0.15, -0.1) is 0 Å². The molecule has 0 N–H and O–H groups in total. The Kier molecular flexibility index (Phi) is 1.92. The van der Waals surface area contributed by atoms with E-state index in [1.807, 2.05) is 0 Å². The van der Waals surface area contributed by atoms with Gasteiger partial charge in [0.1, 0.15) is 0 Å². The lowest BCUT2D eigenvalue weighted by atomic mass is 10.0. The van der Waals surface area contributed by atoms with Gasteiger partial charge in [0.2, 0.25) is 0 Å². The van der Waals surface area contributed by atoms with Gasteiger partial charge in [0.05, 0.1) is 0 Å². The lowest BCUT2D eigenvalue weighted by Crippen LogP contribution is -2.42. The van der Waals surface area contributed by atoms with Gasteiger partial charge in [-0.3, -0.25) is 0 Å². The number of hydrogen-bond acceptors (Lipinski definition) is 2. The van der Waals surface area contributed by atoms with Crippen LogP contribution in [0.25, 0.3) is 0 Å². The molecule has 1 saturated heterocycles. The summed E-state index contributed by atoms with van der Waals surface area (Å²) in [5, 5.41) is 0.952. The van der Waals surface area contributed by atoms with Gasteiger partial charge in [0.25, 0.3) is 0 Å². The number of hydrogen-bond donors (Lipinski definition) is 0. The first-order chi connectivity index (χ1) is 5.27. The second-order valence-corrected chi connectivity index (χ2v) is 5.13. The Balaban J connectivity index is 1.98. The third-order valence-corrected chi connectivity index (χ3v) is 4.43. The average molecular weight is 171 g/mol. The zero-order valence-corrected chi connectivity index (χ0v) is 8.28. The molecule has 1 atom stereocenters. The zero-order chi connectivity index (χ0) is 7.90. The van der Waals surface area contributed by atoms with Crippen LogP contribution in [0, 0.1) is 0 Å². The van der Waals surface area contributed by atoms with E-state index < -0.39 is 0 Å². The number of piperidine rings is 1. The first-order valence-electron chi connectivity index (χ1n) is 4.51. The molecular weight excluding hydrogens is 154 g/mol. The molecule has 1 aliphatic heterocycles. The highest BCUT2D eigenvalue weighted by Gasteiger charge is 2.49. The van der Waals surface area contributed by atoms with Gasteiger partial charge >= 0.3 is 0 Å². The van der Waals surface area contributed by atoms with E-state index in [0.29, 0.717) is 5.54 Å². The van der Waals surface area contributed by atoms with Gasteiger partial charge in [-0.2, -0.15) is 11.8 Å². The summed E-state index contributed by atoms with van der Waals surface area (Å²) in [5.41, 5.74) is 0.673. The highest BCUT2D eigenvalue weighted by molar-refractivity contribution is 7.99. The van der Waals surface area contributed by atoms with Gasteiger partial charge in [-0.05, 0) is 45.5 Å². The molecule has 0 bridgehead atoms. The molecule has 0 aromatic carbocycles. The van der Waals surface area contributed by atoms with Gasteiger partial charge < -0.3 is 4.90 Å². The summed E-state index contributed by atoms with van der Waals surface area (Å²) in [6, 6.07) is 0. The molecule has 0 aromatic rings. The lowest BCUT2D eigenvalue weighted by molar-refractivity contribution is 0.170. The predicted molar refractivity (Wildman–Crippen MR) is 51.1 cm³/mol. The first-order valence-corrected chi connectivity index (χ1v) is 5.80. The highest BCUT2D eigenvalue weighted by atomic mass is 32.2. The van der Waals surface area contributed by atoms with Crippen molar-refractivity contribution in [3.05, 3.63) is 0 Å². The van der Waals surface area contributed by atoms with E-state index in [2.05, 4.69) is 30.0 Å². The molecule has 0 radical (unpaired) electrons. The summed E-state index contributed by atoms with van der Waals surface area (Å²) >= 11 is 2.06. The van der Waals surface area contributed by atoms with Crippen LogP contribution < -0.4 is 0 Å². The van der Waals surface area contributed by atoms with Gasteiger partial charge in [-0.1, -0.05) is 0 Å². The fourth-order valence-corrected chi connectivity index (χ4v) is 3.01. The molecule has 1 aliphatic carbocycles. The van der Waals surface area contributed by atoms with Crippen molar-refractivity contribution in [1.82, 2.24) is 4.90 Å². The average Bonchev–Trinajstić information content (AvgIpc) is 2.77. The minimum Gasteiger partial charge on any atom is -0.301 e. The van der Waals surface area contributed by atoms with Crippen LogP contribution in [0.5, 0.6) is 0 Å². The molecule has 2 aliphatic rings. The third-order valence-electron chi connectivity index (χ3n) is 3.36. The van der Waals surface area contributed by atoms with Crippen LogP contribution >= 0.6 is 11.8 Å². The highest BCUT2D eigenvalue weighted by Crippen LogP contribution is 2.49. The Morgan fingerprint density at radius 3 is 2.73 bits per heavy atom. The van der Waals surface area contributed by atoms with Crippen LogP contribution in [0.15, 0.2) is 0 Å². The molecule has 2 heteroatoms. The summed E-state index contributed by atoms with van der Waals surface area (Å²) in [6.45, 7) is 1.32. The van der Waals surface area contributed by atoms with E-state index >= 15 is 0 Å². The Morgan fingerprint density at radius 1 is 1.45 bits per heavy atom. The van der Waals surface area contributed by atoms with Crippen LogP contribution in [0.2, 0.25) is 0 Å². The van der Waals surface area contributed by atoms with Gasteiger partial charge in [0.15, 0.2) is 0 Å². The smallest absolute Gasteiger partial charge is 0.0218 e. The Morgan fingerprint density at radius 2 is 2.18 bits per heavy atom. The molecule has 1 heterocycles. The van der Waals surface area contributed by atoms with Crippen molar-refractivity contribution in [2.24, 2.45) is 0 Å². The van der Waals surface area contributed by atoms with Crippen molar-refractivity contribution in [1.29, 1.82) is 0 Å². The largest absolute Gasteiger partial charge is 0.301 e. The maximum absolute atomic E-state index is 2.58. The van der Waals surface area contributed by atoms with Crippen molar-refractivity contribution >= 4 is 11.8 Å². The number of rotatable bonds is 1. The maximum atomic E-state index is 2.58. The van der Waals surface area contributed by atoms with E-state index in [9.17, 15) is 0 Å². The molecule has 1 saturated carbocycles. The second kappa shape index (κ2) is 2.67. The van der Waals surface area contributed by atoms with Crippen LogP contribution in [-0.4, -0.2) is 35.5 Å². The topological polar surface area (TPSA) is 3.24 Å². The summed E-state index contributed by atoms with van der Waals surface area (Å²) in [7, 11) is 2.30. The normalized spacial score (nSPS) is 36.0. The standard InChI is InChI=1S/C9H17NS/c1-10-6-3-8(11-2)7-9(10)4-5-9/h8H,3-7H2,1-2H3. The Labute approximate surface area is 73.5 Å². The molecule has 2 fully saturated rings. The van der Waals surface area contributed by atoms with Crippen molar-refractivity contribution in [2.45, 2.75) is 36.5 Å². The SMILES string of the molecule is CSC1CCN(C)C2(CC2)C1. The Bertz CT molecular complexity index is 154. The number of nitrogens with zero attached hydrogens (tertiary/aromatic N) is 1. The second-order valence-electron chi connectivity index (χ2n) is 4.00. The summed E-state index contributed by atoms with van der Waals surface area (Å²) in [5.74, 6) is 0. The number of thioether (sulfide) groups is 1. The summed E-state index contributed by atoms with van der Waals surface area (Å²) in [6.07, 6.45) is 8.03. The van der Waals surface area contributed by atoms with Crippen molar-refractivity contribution in [2.75, 3.05) is 19.8 Å². The van der Waals surface area contributed by atoms with Crippen LogP contribution in [0.4, 0.5) is 0 Å². The van der Waals surface area contributed by atoms with Gasteiger partial charge in [-0.25, -0.2) is 0 Å². The molecule has 1 spiro atoms. The van der Waals surface area contributed by atoms with E-state index in [1.165, 1.54) is 32.2 Å². The maximum Gasteiger partial charge on any atom is 0.0218 e. The number of likely N-dealkylation sites (tertiary alicyclic amines) is 1. The van der Waals surface area contributed by atoms with Crippen LogP contribution in [-0.2, 0) is 0 Å². The molecule has 1 unspecified atom stereocenters.